The molecule has 0 spiro atoms. The number of oxime groups is 2. The van der Waals surface area contributed by atoms with Gasteiger partial charge < -0.3 is 10.4 Å². The highest BCUT2D eigenvalue weighted by Crippen LogP contribution is 2.21. The van der Waals surface area contributed by atoms with E-state index in [2.05, 4.69) is 10.3 Å². The van der Waals surface area contributed by atoms with Gasteiger partial charge >= 0.3 is 0 Å². The van der Waals surface area contributed by atoms with E-state index >= 15 is 0 Å². The van der Waals surface area contributed by atoms with Gasteiger partial charge in [0.1, 0.15) is 17.1 Å². The molecule has 0 saturated carbocycles. The fraction of sp³-hybridized carbons (Fsp3) is 0. The summed E-state index contributed by atoms with van der Waals surface area (Å²) in [5, 5.41) is 32.5. The lowest BCUT2D eigenvalue weighted by Gasteiger charge is -2.01. The maximum absolute atomic E-state index is 13.3. The van der Waals surface area contributed by atoms with E-state index in [0.717, 1.165) is 18.2 Å². The fourth-order valence-electron chi connectivity index (χ4n) is 1.11. The minimum absolute atomic E-state index is 0.548. The topological polar surface area (TPSA) is 108 Å². The van der Waals surface area contributed by atoms with E-state index in [1.54, 1.807) is 0 Å². The van der Waals surface area contributed by atoms with Crippen LogP contribution >= 0.6 is 0 Å². The molecule has 0 bridgehead atoms. The zero-order valence-electron chi connectivity index (χ0n) is 7.74. The van der Waals surface area contributed by atoms with Crippen LogP contribution < -0.4 is 0 Å². The Morgan fingerprint density at radius 1 is 1.50 bits per heavy atom. The maximum Gasteiger partial charge on any atom is 0.281 e. The van der Waals surface area contributed by atoms with Crippen molar-refractivity contribution in [2.45, 2.75) is 0 Å². The average molecular weight is 227 g/mol. The average Bonchev–Trinajstić information content (AvgIpc) is 2.26. The van der Waals surface area contributed by atoms with Crippen LogP contribution in [-0.4, -0.2) is 27.3 Å². The maximum atomic E-state index is 13.3. The van der Waals surface area contributed by atoms with Gasteiger partial charge in [0.15, 0.2) is 0 Å². The number of halogens is 1. The van der Waals surface area contributed by atoms with Crippen LogP contribution in [0.5, 0.6) is 0 Å². The Balaban J connectivity index is 3.46. The summed E-state index contributed by atoms with van der Waals surface area (Å²) in [4.78, 5) is 9.76. The van der Waals surface area contributed by atoms with Crippen molar-refractivity contribution in [3.8, 4) is 0 Å². The number of nitrogens with zero attached hydrogens (tertiary/aromatic N) is 3. The Hall–Kier alpha value is -2.51. The Morgan fingerprint density at radius 2 is 2.19 bits per heavy atom. The van der Waals surface area contributed by atoms with Crippen LogP contribution in [0.15, 0.2) is 28.5 Å². The predicted octanol–water partition coefficient (Wildman–Crippen LogP) is 1.37. The predicted molar refractivity (Wildman–Crippen MR) is 51.7 cm³/mol. The van der Waals surface area contributed by atoms with Crippen LogP contribution in [0.4, 0.5) is 10.1 Å². The van der Waals surface area contributed by atoms with E-state index in [9.17, 15) is 14.5 Å². The third-order valence-electron chi connectivity index (χ3n) is 1.73. The highest BCUT2D eigenvalue weighted by atomic mass is 19.1. The number of rotatable bonds is 3. The van der Waals surface area contributed by atoms with Crippen molar-refractivity contribution in [3.05, 3.63) is 39.7 Å². The minimum Gasteiger partial charge on any atom is -0.411 e. The van der Waals surface area contributed by atoms with Crippen LogP contribution in [-0.2, 0) is 0 Å². The Kier molecular flexibility index (Phi) is 3.49. The molecule has 0 aliphatic carbocycles. The van der Waals surface area contributed by atoms with E-state index in [0.29, 0.717) is 6.21 Å². The van der Waals surface area contributed by atoms with Gasteiger partial charge in [0.25, 0.3) is 5.69 Å². The summed E-state index contributed by atoms with van der Waals surface area (Å²) in [6.07, 6.45) is 0.589. The zero-order chi connectivity index (χ0) is 12.1. The molecule has 0 aromatic heterocycles. The van der Waals surface area contributed by atoms with Crippen molar-refractivity contribution in [2.24, 2.45) is 10.3 Å². The van der Waals surface area contributed by atoms with Gasteiger partial charge in [-0.25, -0.2) is 4.39 Å². The first-order chi connectivity index (χ1) is 7.61. The SMILES string of the molecule is O=[N+]([O-])c1cccc(F)c1C(C=NO)=NO. The molecular weight excluding hydrogens is 221 g/mol. The quantitative estimate of drug-likeness (QED) is 0.351. The third kappa shape index (κ3) is 2.11. The summed E-state index contributed by atoms with van der Waals surface area (Å²) in [5.74, 6) is -0.957. The molecule has 1 aromatic carbocycles. The molecule has 0 saturated heterocycles. The molecular formula is C8H6FN3O4. The summed E-state index contributed by atoms with van der Waals surface area (Å²) in [7, 11) is 0. The highest BCUT2D eigenvalue weighted by molar-refractivity contribution is 6.39. The number of nitro benzene ring substituents is 1. The molecule has 0 radical (unpaired) electrons. The fourth-order valence-corrected chi connectivity index (χ4v) is 1.11. The summed E-state index contributed by atoms with van der Waals surface area (Å²) in [6, 6.07) is 3.13. The van der Waals surface area contributed by atoms with Gasteiger partial charge in [-0.3, -0.25) is 10.1 Å². The van der Waals surface area contributed by atoms with Crippen molar-refractivity contribution in [1.82, 2.24) is 0 Å². The molecule has 0 aliphatic rings. The van der Waals surface area contributed by atoms with Gasteiger partial charge in [-0.15, -0.1) is 0 Å². The Morgan fingerprint density at radius 3 is 2.69 bits per heavy atom. The molecule has 8 heteroatoms. The summed E-state index contributed by atoms with van der Waals surface area (Å²) >= 11 is 0. The molecule has 0 fully saturated rings. The van der Waals surface area contributed by atoms with E-state index < -0.39 is 27.7 Å². The molecule has 0 heterocycles. The van der Waals surface area contributed by atoms with E-state index in [4.69, 9.17) is 10.4 Å². The lowest BCUT2D eigenvalue weighted by molar-refractivity contribution is -0.385. The smallest absolute Gasteiger partial charge is 0.281 e. The molecule has 0 aliphatic heterocycles. The minimum atomic E-state index is -0.957. The van der Waals surface area contributed by atoms with Crippen molar-refractivity contribution in [3.63, 3.8) is 0 Å². The van der Waals surface area contributed by atoms with Crippen molar-refractivity contribution in [1.29, 1.82) is 0 Å². The van der Waals surface area contributed by atoms with Crippen LogP contribution in [0.3, 0.4) is 0 Å². The summed E-state index contributed by atoms with van der Waals surface area (Å²) < 4.78 is 13.3. The van der Waals surface area contributed by atoms with Crippen LogP contribution in [0.2, 0.25) is 0 Å². The molecule has 0 atom stereocenters. The molecule has 0 amide bonds. The molecule has 2 N–H and O–H groups in total. The van der Waals surface area contributed by atoms with Gasteiger partial charge in [-0.05, 0) is 6.07 Å². The largest absolute Gasteiger partial charge is 0.411 e. The Bertz CT molecular complexity index is 472. The molecule has 0 unspecified atom stereocenters. The lowest BCUT2D eigenvalue weighted by Crippen LogP contribution is -2.09. The molecule has 84 valence electrons. The first-order valence-electron chi connectivity index (χ1n) is 3.94. The number of hydrogen-bond acceptors (Lipinski definition) is 6. The highest BCUT2D eigenvalue weighted by Gasteiger charge is 2.22. The first-order valence-corrected chi connectivity index (χ1v) is 3.94. The number of benzene rings is 1. The van der Waals surface area contributed by atoms with Crippen LogP contribution in [0, 0.1) is 15.9 Å². The third-order valence-corrected chi connectivity index (χ3v) is 1.73. The monoisotopic (exact) mass is 227 g/mol. The van der Waals surface area contributed by atoms with Crippen molar-refractivity contribution < 1.29 is 19.7 Å². The Labute approximate surface area is 88.3 Å². The summed E-state index contributed by atoms with van der Waals surface area (Å²) in [6.45, 7) is 0. The summed E-state index contributed by atoms with van der Waals surface area (Å²) in [5.41, 5.74) is -1.69. The van der Waals surface area contributed by atoms with Crippen LogP contribution in [0.1, 0.15) is 5.56 Å². The number of hydrogen-bond donors (Lipinski definition) is 2. The van der Waals surface area contributed by atoms with Gasteiger partial charge in [0.05, 0.1) is 11.1 Å². The second-order valence-corrected chi connectivity index (χ2v) is 2.62. The molecule has 16 heavy (non-hydrogen) atoms. The number of nitro groups is 1. The van der Waals surface area contributed by atoms with Crippen molar-refractivity contribution >= 4 is 17.6 Å². The van der Waals surface area contributed by atoms with Gasteiger partial charge in [0, 0.05) is 6.07 Å². The molecule has 1 rings (SSSR count). The molecule has 1 aromatic rings. The van der Waals surface area contributed by atoms with Gasteiger partial charge in [-0.2, -0.15) is 0 Å². The zero-order valence-corrected chi connectivity index (χ0v) is 7.74. The second kappa shape index (κ2) is 4.82. The van der Waals surface area contributed by atoms with E-state index in [-0.39, 0.29) is 0 Å². The van der Waals surface area contributed by atoms with E-state index in [1.807, 2.05) is 0 Å². The second-order valence-electron chi connectivity index (χ2n) is 2.62. The standard InChI is InChI=1S/C8H6FN3O4/c9-5-2-1-3-7(12(15)16)8(5)6(11-14)4-10-13/h1-4,13-14H. The van der Waals surface area contributed by atoms with E-state index in [1.165, 1.54) is 0 Å². The molecule has 7 nitrogen and oxygen atoms in total. The van der Waals surface area contributed by atoms with Gasteiger partial charge in [0.2, 0.25) is 0 Å². The van der Waals surface area contributed by atoms with Crippen molar-refractivity contribution in [2.75, 3.05) is 0 Å². The van der Waals surface area contributed by atoms with Crippen LogP contribution in [0.25, 0.3) is 0 Å². The lowest BCUT2D eigenvalue weighted by atomic mass is 10.1. The normalized spacial score (nSPS) is 11.9. The van der Waals surface area contributed by atoms with Gasteiger partial charge in [-0.1, -0.05) is 16.4 Å². The first kappa shape index (κ1) is 11.6.